The highest BCUT2D eigenvalue weighted by atomic mass is 35.5. The van der Waals surface area contributed by atoms with E-state index in [1.165, 1.54) is 4.90 Å². The number of carbonyl (C=O) groups excluding carboxylic acids is 3. The minimum Gasteiger partial charge on any atom is -0.322 e. The van der Waals surface area contributed by atoms with Crippen molar-refractivity contribution >= 4 is 40.7 Å². The van der Waals surface area contributed by atoms with E-state index < -0.39 is 0 Å². The maximum absolute atomic E-state index is 13.5. The van der Waals surface area contributed by atoms with E-state index in [0.29, 0.717) is 33.8 Å². The van der Waals surface area contributed by atoms with Gasteiger partial charge in [-0.15, -0.1) is 0 Å². The number of hydrogen-bond acceptors (Lipinski definition) is 3. The Hall–Kier alpha value is -2.92. The fourth-order valence-corrected chi connectivity index (χ4v) is 6.15. The molecule has 4 aliphatic carbocycles. The molecule has 6 atom stereocenters. The summed E-state index contributed by atoms with van der Waals surface area (Å²) in [5.74, 6) is 0.0796. The molecule has 7 rings (SSSR count). The van der Waals surface area contributed by atoms with E-state index in [-0.39, 0.29) is 41.4 Å². The van der Waals surface area contributed by atoms with Crippen molar-refractivity contribution < 1.29 is 14.4 Å². The second kappa shape index (κ2) is 6.54. The number of nitrogens with one attached hydrogen (secondary N) is 1. The highest BCUT2D eigenvalue weighted by Crippen LogP contribution is 2.65. The second-order valence-electron chi connectivity index (χ2n) is 9.10. The Morgan fingerprint density at radius 1 is 1.00 bits per heavy atom. The molecule has 2 saturated carbocycles. The Balaban J connectivity index is 1.35. The fraction of sp³-hybridized carbons (Fsp3) is 0.320. The van der Waals surface area contributed by atoms with Gasteiger partial charge in [0.05, 0.1) is 23.1 Å². The summed E-state index contributed by atoms with van der Waals surface area (Å²) in [6.07, 6.45) is 5.41. The lowest BCUT2D eigenvalue weighted by molar-refractivity contribution is -0.124. The van der Waals surface area contributed by atoms with E-state index in [1.807, 2.05) is 13.0 Å². The fourth-order valence-electron chi connectivity index (χ4n) is 5.97. The first-order valence-corrected chi connectivity index (χ1v) is 11.1. The van der Waals surface area contributed by atoms with Crippen LogP contribution in [0.15, 0.2) is 54.6 Å². The van der Waals surface area contributed by atoms with E-state index in [9.17, 15) is 14.4 Å². The molecule has 2 aromatic carbocycles. The van der Waals surface area contributed by atoms with Crippen molar-refractivity contribution in [2.24, 2.45) is 35.5 Å². The largest absolute Gasteiger partial charge is 0.322 e. The van der Waals surface area contributed by atoms with Gasteiger partial charge < -0.3 is 5.32 Å². The predicted octanol–water partition coefficient (Wildman–Crippen LogP) is 4.46. The molecule has 156 valence electrons. The minimum absolute atomic E-state index is 0.150. The van der Waals surface area contributed by atoms with Crippen LogP contribution in [0.5, 0.6) is 0 Å². The van der Waals surface area contributed by atoms with Gasteiger partial charge in [0.15, 0.2) is 0 Å². The van der Waals surface area contributed by atoms with Gasteiger partial charge in [0.25, 0.3) is 5.91 Å². The predicted molar refractivity (Wildman–Crippen MR) is 118 cm³/mol. The molecule has 0 unspecified atom stereocenters. The maximum atomic E-state index is 13.5. The third-order valence-electron chi connectivity index (χ3n) is 7.50. The summed E-state index contributed by atoms with van der Waals surface area (Å²) in [5, 5.41) is 3.40. The van der Waals surface area contributed by atoms with Gasteiger partial charge in [0.1, 0.15) is 0 Å². The number of nitrogens with zero attached hydrogens (tertiary/aromatic N) is 1. The van der Waals surface area contributed by atoms with Gasteiger partial charge in [0.2, 0.25) is 11.8 Å². The van der Waals surface area contributed by atoms with E-state index in [0.717, 1.165) is 12.0 Å². The first kappa shape index (κ1) is 18.8. The van der Waals surface area contributed by atoms with Crippen molar-refractivity contribution in [1.29, 1.82) is 0 Å². The quantitative estimate of drug-likeness (QED) is 0.575. The van der Waals surface area contributed by atoms with Crippen LogP contribution < -0.4 is 10.2 Å². The molecule has 0 radical (unpaired) electrons. The number of amides is 3. The molecule has 6 heteroatoms. The third kappa shape index (κ3) is 2.66. The van der Waals surface area contributed by atoms with Crippen LogP contribution in [-0.4, -0.2) is 17.7 Å². The molecule has 1 N–H and O–H groups in total. The van der Waals surface area contributed by atoms with Crippen molar-refractivity contribution in [3.63, 3.8) is 0 Å². The summed E-state index contributed by atoms with van der Waals surface area (Å²) in [6, 6.07) is 12.1. The average molecular weight is 433 g/mol. The van der Waals surface area contributed by atoms with Crippen LogP contribution in [0, 0.1) is 42.4 Å². The second-order valence-corrected chi connectivity index (χ2v) is 9.53. The van der Waals surface area contributed by atoms with E-state index in [1.54, 1.807) is 36.4 Å². The zero-order valence-corrected chi connectivity index (χ0v) is 17.7. The lowest BCUT2D eigenvalue weighted by atomic mass is 9.63. The van der Waals surface area contributed by atoms with E-state index >= 15 is 0 Å². The standard InChI is InChI=1S/C25H21ClN2O3/c1-12-6-7-13(26)10-19(12)27-23(29)16-4-2-3-5-20(16)28-24(30)21-14-8-9-15(18-11-17(14)18)22(21)25(28)31/h2-10,14-15,17-18,21-22H,11H2,1H3,(H,27,29)/t14-,15-,17-,18-,21-,22+/m1/s1. The van der Waals surface area contributed by atoms with E-state index in [4.69, 9.17) is 11.6 Å². The van der Waals surface area contributed by atoms with Gasteiger partial charge in [-0.05, 0) is 66.8 Å². The van der Waals surface area contributed by atoms with Gasteiger partial charge in [-0.25, -0.2) is 4.90 Å². The van der Waals surface area contributed by atoms with Crippen molar-refractivity contribution in [3.05, 3.63) is 70.8 Å². The number of allylic oxidation sites excluding steroid dienone is 2. The summed E-state index contributed by atoms with van der Waals surface area (Å²) >= 11 is 6.08. The summed E-state index contributed by atoms with van der Waals surface area (Å²) in [5.41, 5.74) is 2.13. The molecule has 5 aliphatic rings. The Kier molecular flexibility index (Phi) is 3.97. The van der Waals surface area contributed by atoms with Gasteiger partial charge in [-0.1, -0.05) is 42.0 Å². The van der Waals surface area contributed by atoms with Crippen molar-refractivity contribution in [2.75, 3.05) is 10.2 Å². The zero-order chi connectivity index (χ0) is 21.4. The van der Waals surface area contributed by atoms with Gasteiger partial charge >= 0.3 is 0 Å². The van der Waals surface area contributed by atoms with Crippen LogP contribution in [0.4, 0.5) is 11.4 Å². The molecular formula is C25H21ClN2O3. The summed E-state index contributed by atoms with van der Waals surface area (Å²) < 4.78 is 0. The SMILES string of the molecule is Cc1ccc(Cl)cc1NC(=O)c1ccccc1N1C(=O)[C@@H]2[C@@H]3C=C[C@H]([C@H]4C[C@H]34)[C@@H]2C1=O. The molecule has 1 aliphatic heterocycles. The Morgan fingerprint density at radius 2 is 1.65 bits per heavy atom. The van der Waals surface area contributed by atoms with Crippen LogP contribution >= 0.6 is 11.6 Å². The Bertz CT molecular complexity index is 1150. The highest BCUT2D eigenvalue weighted by molar-refractivity contribution is 6.31. The maximum Gasteiger partial charge on any atom is 0.257 e. The number of benzene rings is 2. The van der Waals surface area contributed by atoms with E-state index in [2.05, 4.69) is 17.5 Å². The molecule has 2 bridgehead atoms. The topological polar surface area (TPSA) is 66.5 Å². The Labute approximate surface area is 185 Å². The summed E-state index contributed by atoms with van der Waals surface area (Å²) in [6.45, 7) is 1.88. The molecule has 31 heavy (non-hydrogen) atoms. The number of halogens is 1. The number of imide groups is 1. The van der Waals surface area contributed by atoms with Gasteiger partial charge in [-0.3, -0.25) is 14.4 Å². The van der Waals surface area contributed by atoms with Crippen molar-refractivity contribution in [2.45, 2.75) is 13.3 Å². The number of para-hydroxylation sites is 1. The molecule has 0 aromatic heterocycles. The number of aryl methyl sites for hydroxylation is 1. The number of carbonyl (C=O) groups is 3. The number of hydrogen-bond donors (Lipinski definition) is 1. The molecule has 3 amide bonds. The smallest absolute Gasteiger partial charge is 0.257 e. The zero-order valence-electron chi connectivity index (χ0n) is 16.9. The molecule has 2 aromatic rings. The Morgan fingerprint density at radius 3 is 2.32 bits per heavy atom. The minimum atomic E-state index is -0.375. The molecule has 1 saturated heterocycles. The van der Waals surface area contributed by atoms with Crippen LogP contribution in [0.25, 0.3) is 0 Å². The summed E-state index contributed by atoms with van der Waals surface area (Å²) in [4.78, 5) is 41.4. The van der Waals surface area contributed by atoms with Gasteiger partial charge in [0, 0.05) is 10.7 Å². The third-order valence-corrected chi connectivity index (χ3v) is 7.74. The first-order valence-electron chi connectivity index (χ1n) is 10.7. The normalized spacial score (nSPS) is 32.1. The molecule has 5 nitrogen and oxygen atoms in total. The molecule has 1 heterocycles. The highest BCUT2D eigenvalue weighted by Gasteiger charge is 2.67. The van der Waals surface area contributed by atoms with Crippen LogP contribution in [-0.2, 0) is 9.59 Å². The van der Waals surface area contributed by atoms with Crippen LogP contribution in [0.2, 0.25) is 5.02 Å². The van der Waals surface area contributed by atoms with Crippen LogP contribution in [0.3, 0.4) is 0 Å². The number of rotatable bonds is 3. The molecule has 0 spiro atoms. The molecular weight excluding hydrogens is 412 g/mol. The van der Waals surface area contributed by atoms with Crippen LogP contribution in [0.1, 0.15) is 22.3 Å². The number of anilines is 2. The van der Waals surface area contributed by atoms with Crippen molar-refractivity contribution in [3.8, 4) is 0 Å². The first-order chi connectivity index (χ1) is 15.0. The lowest BCUT2D eigenvalue weighted by Gasteiger charge is -2.37. The lowest BCUT2D eigenvalue weighted by Crippen LogP contribution is -2.40. The monoisotopic (exact) mass is 432 g/mol. The molecule has 3 fully saturated rings. The van der Waals surface area contributed by atoms with Gasteiger partial charge in [-0.2, -0.15) is 0 Å². The van der Waals surface area contributed by atoms with Crippen molar-refractivity contribution in [1.82, 2.24) is 0 Å². The average Bonchev–Trinajstić information content (AvgIpc) is 3.54. The summed E-state index contributed by atoms with van der Waals surface area (Å²) in [7, 11) is 0.